The molecule has 100 valence electrons. The van der Waals surface area contributed by atoms with E-state index in [1.807, 2.05) is 0 Å². The molecule has 1 saturated heterocycles. The molecule has 2 atom stereocenters. The summed E-state index contributed by atoms with van der Waals surface area (Å²) >= 11 is 0. The van der Waals surface area contributed by atoms with Crippen molar-refractivity contribution >= 4 is 6.03 Å². The fourth-order valence-electron chi connectivity index (χ4n) is 2.02. The number of hydrogen-bond acceptors (Lipinski definition) is 3. The van der Waals surface area contributed by atoms with Crippen LogP contribution in [0.3, 0.4) is 0 Å². The highest BCUT2D eigenvalue weighted by atomic mass is 16.5. The first-order valence-electron chi connectivity index (χ1n) is 6.37. The van der Waals surface area contributed by atoms with Crippen molar-refractivity contribution in [2.45, 2.75) is 45.2 Å². The third kappa shape index (κ3) is 5.89. The maximum Gasteiger partial charge on any atom is 0.315 e. The molecule has 1 rings (SSSR count). The van der Waals surface area contributed by atoms with Gasteiger partial charge >= 0.3 is 6.03 Å². The zero-order chi connectivity index (χ0) is 12.7. The Kier molecular flexibility index (Phi) is 6.29. The van der Waals surface area contributed by atoms with Crippen molar-refractivity contribution in [2.75, 3.05) is 19.8 Å². The van der Waals surface area contributed by atoms with E-state index in [9.17, 15) is 4.79 Å². The Morgan fingerprint density at radius 3 is 2.82 bits per heavy atom. The molecule has 2 unspecified atom stereocenters. The number of amides is 2. The predicted octanol–water partition coefficient (Wildman–Crippen LogP) is 0.872. The van der Waals surface area contributed by atoms with E-state index in [4.69, 9.17) is 9.84 Å². The van der Waals surface area contributed by atoms with Crippen molar-refractivity contribution in [1.82, 2.24) is 10.6 Å². The minimum Gasteiger partial charge on any atom is -0.394 e. The summed E-state index contributed by atoms with van der Waals surface area (Å²) in [6.45, 7) is 5.48. The molecule has 1 heterocycles. The molecule has 1 fully saturated rings. The Balaban J connectivity index is 2.26. The SMILES string of the molecule is CC(C)CC(CO)NC(=O)NC1CCCOC1. The summed E-state index contributed by atoms with van der Waals surface area (Å²) in [5, 5.41) is 14.8. The van der Waals surface area contributed by atoms with Gasteiger partial charge in [-0.1, -0.05) is 13.8 Å². The van der Waals surface area contributed by atoms with Crippen LogP contribution in [0, 0.1) is 5.92 Å². The van der Waals surface area contributed by atoms with Gasteiger partial charge in [0.2, 0.25) is 0 Å². The van der Waals surface area contributed by atoms with E-state index in [-0.39, 0.29) is 24.7 Å². The number of carbonyl (C=O) groups is 1. The normalized spacial score (nSPS) is 22.2. The Labute approximate surface area is 103 Å². The minimum absolute atomic E-state index is 0.0211. The molecule has 0 spiro atoms. The number of rotatable bonds is 5. The van der Waals surface area contributed by atoms with Gasteiger partial charge in [0, 0.05) is 6.61 Å². The molecule has 2 amide bonds. The third-order valence-corrected chi connectivity index (χ3v) is 2.81. The zero-order valence-electron chi connectivity index (χ0n) is 10.7. The van der Waals surface area contributed by atoms with Gasteiger partial charge in [0.25, 0.3) is 0 Å². The minimum atomic E-state index is -0.208. The monoisotopic (exact) mass is 244 g/mol. The number of ether oxygens (including phenoxy) is 1. The van der Waals surface area contributed by atoms with E-state index in [2.05, 4.69) is 24.5 Å². The lowest BCUT2D eigenvalue weighted by molar-refractivity contribution is 0.0727. The second-order valence-electron chi connectivity index (χ2n) is 5.04. The highest BCUT2D eigenvalue weighted by Gasteiger charge is 2.18. The van der Waals surface area contributed by atoms with Crippen LogP contribution in [-0.2, 0) is 4.74 Å². The summed E-state index contributed by atoms with van der Waals surface area (Å²) in [5.74, 6) is 0.450. The van der Waals surface area contributed by atoms with Crippen LogP contribution < -0.4 is 10.6 Å². The maximum atomic E-state index is 11.7. The van der Waals surface area contributed by atoms with Crippen molar-refractivity contribution < 1.29 is 14.6 Å². The van der Waals surface area contributed by atoms with Gasteiger partial charge in [0.05, 0.1) is 25.3 Å². The van der Waals surface area contributed by atoms with Crippen molar-refractivity contribution in [2.24, 2.45) is 5.92 Å². The van der Waals surface area contributed by atoms with E-state index < -0.39 is 0 Å². The summed E-state index contributed by atoms with van der Waals surface area (Å²) in [5.41, 5.74) is 0. The summed E-state index contributed by atoms with van der Waals surface area (Å²) < 4.78 is 5.29. The molecule has 0 bridgehead atoms. The quantitative estimate of drug-likeness (QED) is 0.672. The molecule has 0 aromatic carbocycles. The van der Waals surface area contributed by atoms with E-state index in [1.54, 1.807) is 0 Å². The first kappa shape index (κ1) is 14.3. The van der Waals surface area contributed by atoms with Crippen molar-refractivity contribution in [3.8, 4) is 0 Å². The average Bonchev–Trinajstić information content (AvgIpc) is 2.28. The molecule has 0 aromatic rings. The van der Waals surface area contributed by atoms with E-state index >= 15 is 0 Å². The number of urea groups is 1. The zero-order valence-corrected chi connectivity index (χ0v) is 10.7. The highest BCUT2D eigenvalue weighted by Crippen LogP contribution is 2.06. The molecule has 0 radical (unpaired) electrons. The van der Waals surface area contributed by atoms with Gasteiger partial charge < -0.3 is 20.5 Å². The Morgan fingerprint density at radius 2 is 2.29 bits per heavy atom. The maximum absolute atomic E-state index is 11.7. The summed E-state index contributed by atoms with van der Waals surface area (Å²) in [7, 11) is 0. The van der Waals surface area contributed by atoms with Crippen molar-refractivity contribution in [3.63, 3.8) is 0 Å². The lowest BCUT2D eigenvalue weighted by atomic mass is 10.0. The van der Waals surface area contributed by atoms with Crippen molar-refractivity contribution in [1.29, 1.82) is 0 Å². The lowest BCUT2D eigenvalue weighted by Crippen LogP contribution is -2.49. The van der Waals surface area contributed by atoms with Crippen LogP contribution >= 0.6 is 0 Å². The number of nitrogens with one attached hydrogen (secondary N) is 2. The van der Waals surface area contributed by atoms with Gasteiger partial charge in [-0.25, -0.2) is 4.79 Å². The Morgan fingerprint density at radius 1 is 1.53 bits per heavy atom. The van der Waals surface area contributed by atoms with Gasteiger partial charge in [-0.3, -0.25) is 0 Å². The molecule has 1 aliphatic rings. The standard InChI is InChI=1S/C12H24N2O3/c1-9(2)6-11(7-15)14-12(16)13-10-4-3-5-17-8-10/h9-11,15H,3-8H2,1-2H3,(H2,13,14,16). The molecule has 0 saturated carbocycles. The second-order valence-corrected chi connectivity index (χ2v) is 5.04. The van der Waals surface area contributed by atoms with Gasteiger partial charge in [-0.05, 0) is 25.2 Å². The van der Waals surface area contributed by atoms with Gasteiger partial charge in [-0.15, -0.1) is 0 Å². The molecule has 5 nitrogen and oxygen atoms in total. The molecule has 3 N–H and O–H groups in total. The molecule has 0 aromatic heterocycles. The number of aliphatic hydroxyl groups excluding tert-OH is 1. The lowest BCUT2D eigenvalue weighted by Gasteiger charge is -2.25. The average molecular weight is 244 g/mol. The van der Waals surface area contributed by atoms with Crippen LogP contribution in [0.15, 0.2) is 0 Å². The third-order valence-electron chi connectivity index (χ3n) is 2.81. The van der Waals surface area contributed by atoms with Crippen LogP contribution in [0.25, 0.3) is 0 Å². The fraction of sp³-hybridized carbons (Fsp3) is 0.917. The van der Waals surface area contributed by atoms with Crippen LogP contribution in [0.1, 0.15) is 33.1 Å². The number of hydrogen-bond donors (Lipinski definition) is 3. The molecule has 1 aliphatic heterocycles. The van der Waals surface area contributed by atoms with Gasteiger partial charge in [0.1, 0.15) is 0 Å². The summed E-state index contributed by atoms with van der Waals surface area (Å²) in [6, 6.07) is -0.276. The smallest absolute Gasteiger partial charge is 0.315 e. The Hall–Kier alpha value is -0.810. The van der Waals surface area contributed by atoms with Crippen LogP contribution in [0.2, 0.25) is 0 Å². The van der Waals surface area contributed by atoms with E-state index in [1.165, 1.54) is 0 Å². The van der Waals surface area contributed by atoms with E-state index in [0.717, 1.165) is 25.9 Å². The van der Waals surface area contributed by atoms with Gasteiger partial charge in [-0.2, -0.15) is 0 Å². The summed E-state index contributed by atoms with van der Waals surface area (Å²) in [4.78, 5) is 11.7. The van der Waals surface area contributed by atoms with Gasteiger partial charge in [0.15, 0.2) is 0 Å². The summed E-state index contributed by atoms with van der Waals surface area (Å²) in [6.07, 6.45) is 2.73. The molecule has 17 heavy (non-hydrogen) atoms. The largest absolute Gasteiger partial charge is 0.394 e. The first-order valence-corrected chi connectivity index (χ1v) is 6.37. The number of carbonyl (C=O) groups excluding carboxylic acids is 1. The predicted molar refractivity (Wildman–Crippen MR) is 65.8 cm³/mol. The molecule has 5 heteroatoms. The van der Waals surface area contributed by atoms with Crippen molar-refractivity contribution in [3.05, 3.63) is 0 Å². The van der Waals surface area contributed by atoms with Crippen LogP contribution in [0.5, 0.6) is 0 Å². The molecular weight excluding hydrogens is 220 g/mol. The van der Waals surface area contributed by atoms with Crippen LogP contribution in [-0.4, -0.2) is 43.0 Å². The molecule has 0 aliphatic carbocycles. The molecular formula is C12H24N2O3. The fourth-order valence-corrected chi connectivity index (χ4v) is 2.02. The Bertz CT molecular complexity index is 228. The topological polar surface area (TPSA) is 70.6 Å². The number of aliphatic hydroxyl groups is 1. The highest BCUT2D eigenvalue weighted by molar-refractivity contribution is 5.74. The second kappa shape index (κ2) is 7.50. The van der Waals surface area contributed by atoms with E-state index in [0.29, 0.717) is 12.5 Å². The first-order chi connectivity index (χ1) is 8.11. The van der Waals surface area contributed by atoms with Crippen LogP contribution in [0.4, 0.5) is 4.79 Å².